The molecule has 2 amide bonds. The van der Waals surface area contributed by atoms with E-state index in [-0.39, 0.29) is 0 Å². The lowest BCUT2D eigenvalue weighted by Crippen LogP contribution is -2.37. The van der Waals surface area contributed by atoms with Gasteiger partial charge in [-0.25, -0.2) is 0 Å². The summed E-state index contributed by atoms with van der Waals surface area (Å²) in [4.78, 5) is 32.5. The zero-order valence-electron chi connectivity index (χ0n) is 24.2. The van der Waals surface area contributed by atoms with Crippen molar-refractivity contribution in [2.75, 3.05) is 61.3 Å². The second-order valence-electron chi connectivity index (χ2n) is 10.3. The highest BCUT2D eigenvalue weighted by Gasteiger charge is 2.35. The first kappa shape index (κ1) is 27.7. The number of carbonyl (C=O) groups is 2. The molecule has 0 bridgehead atoms. The van der Waals surface area contributed by atoms with E-state index in [1.54, 1.807) is 34.6 Å². The molecule has 4 heterocycles. The minimum Gasteiger partial charge on any atom is -0.493 e. The smallest absolute Gasteiger partial charge is 0.259 e. The first-order valence-electron chi connectivity index (χ1n) is 13.9. The summed E-state index contributed by atoms with van der Waals surface area (Å²) < 4.78 is 29.8. The lowest BCUT2D eigenvalue weighted by atomic mass is 9.95. The number of imide groups is 1. The summed E-state index contributed by atoms with van der Waals surface area (Å²) in [6, 6.07) is 7.41. The zero-order valence-corrected chi connectivity index (χ0v) is 24.2. The van der Waals surface area contributed by atoms with E-state index >= 15 is 0 Å². The van der Waals surface area contributed by atoms with Gasteiger partial charge in [-0.1, -0.05) is 0 Å². The number of amides is 2. The minimum atomic E-state index is -0.459. The van der Waals surface area contributed by atoms with E-state index in [1.165, 1.54) is 0 Å². The van der Waals surface area contributed by atoms with Crippen LogP contribution < -0.4 is 24.3 Å². The molecule has 0 radical (unpaired) electrons. The SMILES string of the molecule is COc1cc2[nH]cc(C3=C(c4cn(CCCN5CCOCC5)c5cc(OC)c(OC)cc45)C(=O)NC3=O)c2cc1OC. The fourth-order valence-corrected chi connectivity index (χ4v) is 5.92. The average Bonchev–Trinajstić information content (AvgIpc) is 3.67. The third kappa shape index (κ3) is 4.74. The number of ether oxygens (including phenoxy) is 5. The maximum absolute atomic E-state index is 13.5. The van der Waals surface area contributed by atoms with E-state index in [4.69, 9.17) is 23.7 Å². The Labute approximate surface area is 242 Å². The zero-order chi connectivity index (χ0) is 29.4. The summed E-state index contributed by atoms with van der Waals surface area (Å²) in [6.45, 7) is 4.98. The monoisotopic (exact) mass is 574 g/mol. The number of nitrogens with one attached hydrogen (secondary N) is 2. The van der Waals surface area contributed by atoms with Gasteiger partial charge in [-0.3, -0.25) is 19.8 Å². The van der Waals surface area contributed by atoms with Gasteiger partial charge in [0.1, 0.15) is 0 Å². The number of nitrogens with zero attached hydrogens (tertiary/aromatic N) is 2. The molecule has 6 rings (SSSR count). The molecule has 0 spiro atoms. The van der Waals surface area contributed by atoms with Crippen LogP contribution in [-0.4, -0.2) is 87.6 Å². The quantitative estimate of drug-likeness (QED) is 0.277. The van der Waals surface area contributed by atoms with E-state index in [2.05, 4.69) is 19.8 Å². The van der Waals surface area contributed by atoms with Crippen molar-refractivity contribution >= 4 is 44.8 Å². The van der Waals surface area contributed by atoms with E-state index in [1.807, 2.05) is 30.5 Å². The molecule has 42 heavy (non-hydrogen) atoms. The van der Waals surface area contributed by atoms with Gasteiger partial charge < -0.3 is 33.2 Å². The van der Waals surface area contributed by atoms with Crippen molar-refractivity contribution in [1.29, 1.82) is 0 Å². The number of aromatic amines is 1. The number of methoxy groups -OCH3 is 4. The molecule has 11 nitrogen and oxygen atoms in total. The number of aromatic nitrogens is 2. The molecule has 0 aliphatic carbocycles. The molecule has 2 aromatic carbocycles. The van der Waals surface area contributed by atoms with Crippen molar-refractivity contribution in [2.24, 2.45) is 0 Å². The minimum absolute atomic E-state index is 0.292. The summed E-state index contributed by atoms with van der Waals surface area (Å²) >= 11 is 0. The molecule has 2 N–H and O–H groups in total. The molecule has 1 saturated heterocycles. The van der Waals surface area contributed by atoms with Gasteiger partial charge in [0.05, 0.1) is 58.3 Å². The number of hydrogen-bond donors (Lipinski definition) is 2. The molecule has 2 aromatic heterocycles. The Kier molecular flexibility index (Phi) is 7.53. The normalized spacial score (nSPS) is 16.0. The maximum atomic E-state index is 13.5. The maximum Gasteiger partial charge on any atom is 0.259 e. The van der Waals surface area contributed by atoms with Gasteiger partial charge in [0, 0.05) is 78.1 Å². The molecule has 2 aliphatic rings. The Morgan fingerprint density at radius 3 is 2.02 bits per heavy atom. The fraction of sp³-hybridized carbons (Fsp3) is 0.355. The third-order valence-electron chi connectivity index (χ3n) is 8.02. The number of benzene rings is 2. The van der Waals surface area contributed by atoms with E-state index in [0.29, 0.717) is 51.8 Å². The van der Waals surface area contributed by atoms with Crippen molar-refractivity contribution in [1.82, 2.24) is 19.8 Å². The number of fused-ring (bicyclic) bond motifs is 2. The number of H-pyrrole nitrogens is 1. The highest BCUT2D eigenvalue weighted by atomic mass is 16.5. The van der Waals surface area contributed by atoms with Gasteiger partial charge in [0.25, 0.3) is 11.8 Å². The molecule has 2 aliphatic heterocycles. The average molecular weight is 575 g/mol. The summed E-state index contributed by atoms with van der Waals surface area (Å²) in [5.41, 5.74) is 3.47. The van der Waals surface area contributed by atoms with Gasteiger partial charge in [-0.05, 0) is 18.6 Å². The van der Waals surface area contributed by atoms with Gasteiger partial charge in [-0.2, -0.15) is 0 Å². The highest BCUT2D eigenvalue weighted by molar-refractivity contribution is 6.50. The second kappa shape index (κ2) is 11.4. The number of morpholine rings is 1. The van der Waals surface area contributed by atoms with Crippen molar-refractivity contribution in [3.8, 4) is 23.0 Å². The molecule has 11 heteroatoms. The molecule has 220 valence electrons. The van der Waals surface area contributed by atoms with E-state index in [9.17, 15) is 9.59 Å². The van der Waals surface area contributed by atoms with Crippen LogP contribution in [0.15, 0.2) is 36.7 Å². The first-order valence-corrected chi connectivity index (χ1v) is 13.9. The summed E-state index contributed by atoms with van der Waals surface area (Å²) in [6.07, 6.45) is 4.59. The van der Waals surface area contributed by atoms with Crippen molar-refractivity contribution < 1.29 is 33.3 Å². The summed E-state index contributed by atoms with van der Waals surface area (Å²) in [5, 5.41) is 4.05. The molecular weight excluding hydrogens is 540 g/mol. The molecule has 0 atom stereocenters. The largest absolute Gasteiger partial charge is 0.493 e. The topological polar surface area (TPSA) is 116 Å². The number of carbonyl (C=O) groups excluding carboxylic acids is 2. The van der Waals surface area contributed by atoms with Gasteiger partial charge in [0.2, 0.25) is 0 Å². The van der Waals surface area contributed by atoms with Crippen LogP contribution in [-0.2, 0) is 20.9 Å². The van der Waals surface area contributed by atoms with Crippen LogP contribution in [0.1, 0.15) is 17.5 Å². The van der Waals surface area contributed by atoms with Crippen LogP contribution in [0, 0.1) is 0 Å². The lowest BCUT2D eigenvalue weighted by molar-refractivity contribution is -0.122. The van der Waals surface area contributed by atoms with Crippen LogP contribution in [0.2, 0.25) is 0 Å². The van der Waals surface area contributed by atoms with Crippen LogP contribution >= 0.6 is 0 Å². The van der Waals surface area contributed by atoms with Crippen LogP contribution in [0.3, 0.4) is 0 Å². The predicted octanol–water partition coefficient (Wildman–Crippen LogP) is 3.45. The Morgan fingerprint density at radius 1 is 0.762 bits per heavy atom. The third-order valence-corrected chi connectivity index (χ3v) is 8.02. The van der Waals surface area contributed by atoms with Gasteiger partial charge in [0.15, 0.2) is 23.0 Å². The predicted molar refractivity (Wildman–Crippen MR) is 158 cm³/mol. The standard InChI is InChI=1S/C31H34N4O7/c1-38-24-12-18-20(16-32-22(18)14-26(24)40-3)28-29(31(37)33-30(28)36)21-17-35(7-5-6-34-8-10-42-11-9-34)23-15-27(41-4)25(39-2)13-19(21)23/h12-17,32H,5-11H2,1-4H3,(H,33,36,37). The number of rotatable bonds is 10. The Balaban J connectivity index is 1.50. The summed E-state index contributed by atoms with van der Waals surface area (Å²) in [5.74, 6) is 1.29. The summed E-state index contributed by atoms with van der Waals surface area (Å²) in [7, 11) is 6.30. The first-order chi connectivity index (χ1) is 20.5. The molecule has 0 unspecified atom stereocenters. The van der Waals surface area contributed by atoms with Crippen LogP contribution in [0.4, 0.5) is 0 Å². The lowest BCUT2D eigenvalue weighted by Gasteiger charge is -2.26. The Hall–Kier alpha value is -4.48. The Bertz CT molecular complexity index is 1710. The van der Waals surface area contributed by atoms with Crippen LogP contribution in [0.5, 0.6) is 23.0 Å². The number of hydrogen-bond acceptors (Lipinski definition) is 8. The molecule has 1 fully saturated rings. The molecule has 4 aromatic rings. The number of aryl methyl sites for hydroxylation is 1. The molecular formula is C31H34N4O7. The highest BCUT2D eigenvalue weighted by Crippen LogP contribution is 2.43. The fourth-order valence-electron chi connectivity index (χ4n) is 5.92. The van der Waals surface area contributed by atoms with Crippen molar-refractivity contribution in [2.45, 2.75) is 13.0 Å². The van der Waals surface area contributed by atoms with Crippen LogP contribution in [0.25, 0.3) is 33.0 Å². The van der Waals surface area contributed by atoms with Gasteiger partial charge >= 0.3 is 0 Å². The van der Waals surface area contributed by atoms with E-state index in [0.717, 1.165) is 61.1 Å². The van der Waals surface area contributed by atoms with Crippen molar-refractivity contribution in [3.63, 3.8) is 0 Å². The van der Waals surface area contributed by atoms with Gasteiger partial charge in [-0.15, -0.1) is 0 Å². The second-order valence-corrected chi connectivity index (χ2v) is 10.3. The Morgan fingerprint density at radius 2 is 1.36 bits per heavy atom. The van der Waals surface area contributed by atoms with E-state index < -0.39 is 11.8 Å². The molecule has 0 saturated carbocycles. The van der Waals surface area contributed by atoms with Crippen molar-refractivity contribution in [3.05, 3.63) is 47.8 Å².